The first-order valence-electron chi connectivity index (χ1n) is 15.5. The number of rotatable bonds is 11. The van der Waals surface area contributed by atoms with Crippen LogP contribution in [-0.4, -0.2) is 41.5 Å². The maximum atomic E-state index is 13.2. The fourth-order valence-corrected chi connectivity index (χ4v) is 4.83. The van der Waals surface area contributed by atoms with E-state index in [2.05, 4.69) is 29.3 Å². The summed E-state index contributed by atoms with van der Waals surface area (Å²) >= 11 is 0. The molecular weight excluding hydrogens is 604 g/mol. The van der Waals surface area contributed by atoms with Crippen LogP contribution in [-0.2, 0) is 27.5 Å². The summed E-state index contributed by atoms with van der Waals surface area (Å²) in [6, 6.07) is 21.5. The predicted octanol–water partition coefficient (Wildman–Crippen LogP) is 6.38. The Morgan fingerprint density at radius 1 is 0.957 bits per heavy atom. The lowest BCUT2D eigenvalue weighted by molar-refractivity contribution is -0.125. The van der Waals surface area contributed by atoms with Gasteiger partial charge >= 0.3 is 11.8 Å². The van der Waals surface area contributed by atoms with Crippen molar-refractivity contribution in [3.05, 3.63) is 106 Å². The molecule has 0 fully saturated rings. The van der Waals surface area contributed by atoms with E-state index in [1.807, 2.05) is 66.1 Å². The van der Waals surface area contributed by atoms with Gasteiger partial charge in [0.15, 0.2) is 24.0 Å². The Balaban J connectivity index is 0.00000103. The Kier molecular flexibility index (Phi) is 10.9. The molecule has 1 aliphatic heterocycles. The number of aromatic nitrogens is 2. The molecule has 47 heavy (non-hydrogen) atoms. The number of imidazole rings is 1. The van der Waals surface area contributed by atoms with Gasteiger partial charge in [-0.2, -0.15) is 4.98 Å². The number of aliphatic imine (C=N–C) groups is 1. The van der Waals surface area contributed by atoms with Crippen LogP contribution in [0.3, 0.4) is 0 Å². The highest BCUT2D eigenvalue weighted by Gasteiger charge is 2.23. The van der Waals surface area contributed by atoms with Crippen LogP contribution in [0.15, 0.2) is 85.4 Å². The third-order valence-corrected chi connectivity index (χ3v) is 7.38. The van der Waals surface area contributed by atoms with Crippen molar-refractivity contribution in [3.63, 3.8) is 0 Å². The minimum Gasteiger partial charge on any atom is -0.465 e. The molecule has 2 aromatic heterocycles. The summed E-state index contributed by atoms with van der Waals surface area (Å²) in [5.74, 6) is -0.462. The summed E-state index contributed by atoms with van der Waals surface area (Å²) in [7, 11) is 1.53. The van der Waals surface area contributed by atoms with Crippen LogP contribution in [0, 0.1) is 6.92 Å². The van der Waals surface area contributed by atoms with Crippen LogP contribution in [0.1, 0.15) is 66.6 Å². The van der Waals surface area contributed by atoms with E-state index >= 15 is 0 Å². The van der Waals surface area contributed by atoms with Crippen molar-refractivity contribution in [2.75, 3.05) is 13.7 Å². The number of para-hydroxylation sites is 1. The van der Waals surface area contributed by atoms with Gasteiger partial charge < -0.3 is 23.0 Å². The van der Waals surface area contributed by atoms with Crippen LogP contribution in [0.4, 0.5) is 0 Å². The number of amidine groups is 1. The van der Waals surface area contributed by atoms with Crippen molar-refractivity contribution in [3.8, 4) is 17.1 Å². The molecule has 0 bridgehead atoms. The maximum absolute atomic E-state index is 13.2. The van der Waals surface area contributed by atoms with E-state index < -0.39 is 18.2 Å². The molecule has 1 unspecified atom stereocenters. The van der Waals surface area contributed by atoms with Crippen LogP contribution in [0.25, 0.3) is 22.2 Å². The smallest absolute Gasteiger partial charge is 0.465 e. The van der Waals surface area contributed by atoms with E-state index in [0.717, 1.165) is 22.3 Å². The zero-order valence-corrected chi connectivity index (χ0v) is 27.1. The number of carbonyl (C=O) groups excluding carboxylic acids is 1. The number of ether oxygens (including phenoxy) is 3. The second-order valence-corrected chi connectivity index (χ2v) is 10.6. The molecule has 0 spiro atoms. The Bertz CT molecular complexity index is 1900. The van der Waals surface area contributed by atoms with Gasteiger partial charge in [0.25, 0.3) is 12.4 Å². The normalized spacial score (nSPS) is 13.9. The fraction of sp³-hybridized carbons (Fsp3) is 0.314. The number of carbonyl (C=O) groups is 1. The number of methoxy groups -OCH3 is 1. The molecule has 0 aliphatic carbocycles. The van der Waals surface area contributed by atoms with E-state index in [9.17, 15) is 9.59 Å². The number of hydrogen-bond donors (Lipinski definition) is 1. The number of nitrogens with zero attached hydrogens (tertiary/aromatic N) is 3. The summed E-state index contributed by atoms with van der Waals surface area (Å²) in [5, 5.41) is 0. The van der Waals surface area contributed by atoms with Crippen LogP contribution < -0.4 is 16.0 Å². The molecule has 0 radical (unpaired) electrons. The minimum absolute atomic E-state index is 0.150. The number of hydroxylamine groups is 1. The Morgan fingerprint density at radius 2 is 1.70 bits per heavy atom. The predicted molar refractivity (Wildman–Crippen MR) is 175 cm³/mol. The average molecular weight is 643 g/mol. The summed E-state index contributed by atoms with van der Waals surface area (Å²) < 4.78 is 28.1. The third kappa shape index (κ3) is 7.62. The highest BCUT2D eigenvalue weighted by atomic mass is 16.8. The van der Waals surface area contributed by atoms with Gasteiger partial charge in [0.2, 0.25) is 0 Å². The SMILES string of the molecule is CCCC.CCOc1nc2cccc(C(=O)OCc3oc(=O)oc3C)c2n1Cc1ccc(-c2ccccc2C2=NC(OC)ON2)cc1. The van der Waals surface area contributed by atoms with Gasteiger partial charge in [-0.3, -0.25) is 4.57 Å². The summed E-state index contributed by atoms with van der Waals surface area (Å²) in [5.41, 5.74) is 8.06. The molecule has 5 aromatic rings. The highest BCUT2D eigenvalue weighted by Crippen LogP contribution is 2.29. The molecular formula is C35H38N4O8. The van der Waals surface area contributed by atoms with Gasteiger partial charge in [-0.15, -0.1) is 0 Å². The Morgan fingerprint density at radius 3 is 2.34 bits per heavy atom. The first-order chi connectivity index (χ1) is 22.9. The summed E-state index contributed by atoms with van der Waals surface area (Å²) in [4.78, 5) is 39.0. The van der Waals surface area contributed by atoms with E-state index in [1.54, 1.807) is 19.1 Å². The number of unbranched alkanes of at least 4 members (excludes halogenated alkanes) is 1. The molecule has 12 heteroatoms. The van der Waals surface area contributed by atoms with Crippen molar-refractivity contribution < 1.29 is 32.7 Å². The molecule has 246 valence electrons. The second-order valence-electron chi connectivity index (χ2n) is 10.6. The highest BCUT2D eigenvalue weighted by molar-refractivity contribution is 6.04. The topological polar surface area (TPSA) is 140 Å². The van der Waals surface area contributed by atoms with Crippen molar-refractivity contribution in [2.24, 2.45) is 4.99 Å². The molecule has 0 amide bonds. The Hall–Kier alpha value is -5.20. The lowest BCUT2D eigenvalue weighted by atomic mass is 9.98. The zero-order valence-electron chi connectivity index (χ0n) is 27.1. The van der Waals surface area contributed by atoms with Gasteiger partial charge in [0, 0.05) is 12.7 Å². The molecule has 6 rings (SSSR count). The van der Waals surface area contributed by atoms with Crippen molar-refractivity contribution >= 4 is 22.8 Å². The maximum Gasteiger partial charge on any atom is 0.519 e. The number of benzene rings is 3. The van der Waals surface area contributed by atoms with Gasteiger partial charge in [-0.05, 0) is 42.7 Å². The first-order valence-corrected chi connectivity index (χ1v) is 15.5. The average Bonchev–Trinajstić information content (AvgIpc) is 3.80. The van der Waals surface area contributed by atoms with E-state index in [4.69, 9.17) is 27.9 Å². The molecule has 0 saturated heterocycles. The van der Waals surface area contributed by atoms with Crippen molar-refractivity contribution in [2.45, 2.75) is 60.1 Å². The largest absolute Gasteiger partial charge is 0.519 e. The van der Waals surface area contributed by atoms with Gasteiger partial charge in [0.1, 0.15) is 0 Å². The standard InChI is InChI=1S/C31H28N4O8.C4H10/c1-4-39-29-32-24-11-7-10-23(28(36)40-17-25-18(2)41-31(37)42-25)26(24)35(29)16-19-12-14-20(15-13-19)21-8-5-6-9-22(21)27-33-30(38-3)43-34-27;1-3-4-2/h5-15,30H,4,16-17H2,1-3H3,(H,33,34);3-4H2,1-2H3. The lowest BCUT2D eigenvalue weighted by Crippen LogP contribution is -2.20. The van der Waals surface area contributed by atoms with Crippen LogP contribution in [0.5, 0.6) is 6.01 Å². The van der Waals surface area contributed by atoms with E-state index in [0.29, 0.717) is 41.6 Å². The number of nitrogens with one attached hydrogen (secondary N) is 1. The monoisotopic (exact) mass is 642 g/mol. The molecule has 3 heterocycles. The van der Waals surface area contributed by atoms with Crippen molar-refractivity contribution in [1.82, 2.24) is 15.0 Å². The third-order valence-electron chi connectivity index (χ3n) is 7.38. The van der Waals surface area contributed by atoms with Gasteiger partial charge in [-0.25, -0.2) is 24.9 Å². The van der Waals surface area contributed by atoms with E-state index in [1.165, 1.54) is 20.0 Å². The first kappa shape index (κ1) is 33.2. The molecule has 3 aromatic carbocycles. The molecule has 1 aliphatic rings. The van der Waals surface area contributed by atoms with Crippen molar-refractivity contribution in [1.29, 1.82) is 0 Å². The second kappa shape index (κ2) is 15.4. The minimum atomic E-state index is -0.850. The molecule has 0 saturated carbocycles. The van der Waals surface area contributed by atoms with Gasteiger partial charge in [0.05, 0.1) is 29.7 Å². The number of fused-ring (bicyclic) bond motifs is 1. The lowest BCUT2D eigenvalue weighted by Gasteiger charge is -2.13. The van der Waals surface area contributed by atoms with E-state index in [-0.39, 0.29) is 18.1 Å². The number of esters is 1. The van der Waals surface area contributed by atoms with Crippen LogP contribution >= 0.6 is 0 Å². The quantitative estimate of drug-likeness (QED) is 0.161. The van der Waals surface area contributed by atoms with Gasteiger partial charge in [-0.1, -0.05) is 81.3 Å². The summed E-state index contributed by atoms with van der Waals surface area (Å²) in [6.45, 7) is 8.32. The number of hydrogen-bond acceptors (Lipinski definition) is 11. The summed E-state index contributed by atoms with van der Waals surface area (Å²) in [6.07, 6.45) is 1.94. The molecule has 1 N–H and O–H groups in total. The Labute approximate surface area is 271 Å². The molecule has 1 atom stereocenters. The van der Waals surface area contributed by atoms with Crippen LogP contribution in [0.2, 0.25) is 0 Å². The number of aryl methyl sites for hydroxylation is 1. The molecule has 12 nitrogen and oxygen atoms in total. The zero-order chi connectivity index (χ0) is 33.3. The fourth-order valence-electron chi connectivity index (χ4n) is 4.83.